The quantitative estimate of drug-likeness (QED) is 0.348. The third kappa shape index (κ3) is 5.32. The lowest BCUT2D eigenvalue weighted by Gasteiger charge is -2.40. The van der Waals surface area contributed by atoms with Gasteiger partial charge in [0.1, 0.15) is 11.6 Å². The molecule has 4 saturated heterocycles. The summed E-state index contributed by atoms with van der Waals surface area (Å²) in [6, 6.07) is 7.52. The summed E-state index contributed by atoms with van der Waals surface area (Å²) in [5.41, 5.74) is -1.29. The number of hydrogen-bond acceptors (Lipinski definition) is 7. The zero-order chi connectivity index (χ0) is 30.8. The summed E-state index contributed by atoms with van der Waals surface area (Å²) in [6.45, 7) is 14.0. The number of hydrogen-bond donors (Lipinski definition) is 1. The summed E-state index contributed by atoms with van der Waals surface area (Å²) in [5, 5.41) is 10.8. The second-order valence-corrected chi connectivity index (χ2v) is 12.2. The monoisotopic (exact) mass is 594 g/mol. The summed E-state index contributed by atoms with van der Waals surface area (Å²) in [4.78, 5) is 50.7. The molecule has 4 heterocycles. The van der Waals surface area contributed by atoms with Gasteiger partial charge in [0, 0.05) is 46.3 Å². The Morgan fingerprint density at radius 3 is 2.44 bits per heavy atom. The molecule has 0 saturated carbocycles. The first kappa shape index (κ1) is 31.4. The molecule has 43 heavy (non-hydrogen) atoms. The number of rotatable bonds is 13. The summed E-state index contributed by atoms with van der Waals surface area (Å²) in [6.07, 6.45) is 4.97. The van der Waals surface area contributed by atoms with Crippen molar-refractivity contribution in [1.82, 2.24) is 19.6 Å². The van der Waals surface area contributed by atoms with Crippen molar-refractivity contribution < 1.29 is 29.0 Å². The lowest BCUT2D eigenvalue weighted by molar-refractivity contribution is -0.158. The molecule has 0 radical (unpaired) electrons. The standard InChI is InChI=1S/C33H46N4O6/c1-5-15-34(4)29(39)26-27-30(40)37(25(23-38)24-11-9-8-10-12-24)28(33(27)14-13-32(26,7-3)43-33)31(41)36(16-6-2)18-17-35-19-21-42-22-20-35/h5-6,8-12,25-28,38H,1-2,7,13-23H2,3-4H3/t25-,26-,27+,28?,32+,33?/m1/s1. The average Bonchev–Trinajstić information content (AvgIpc) is 3.64. The van der Waals surface area contributed by atoms with Crippen molar-refractivity contribution in [1.29, 1.82) is 0 Å². The van der Waals surface area contributed by atoms with Gasteiger partial charge >= 0.3 is 0 Å². The Morgan fingerprint density at radius 2 is 1.81 bits per heavy atom. The molecule has 1 spiro atoms. The normalized spacial score (nSPS) is 30.6. The van der Waals surface area contributed by atoms with Crippen LogP contribution in [0.2, 0.25) is 0 Å². The van der Waals surface area contributed by atoms with Crippen LogP contribution < -0.4 is 0 Å². The Bertz CT molecular complexity index is 1210. The van der Waals surface area contributed by atoms with Gasteiger partial charge in [-0.2, -0.15) is 0 Å². The fourth-order valence-electron chi connectivity index (χ4n) is 7.90. The molecule has 4 fully saturated rings. The number of nitrogens with zero attached hydrogens (tertiary/aromatic N) is 4. The third-order valence-corrected chi connectivity index (χ3v) is 10.0. The highest BCUT2D eigenvalue weighted by Gasteiger charge is 2.79. The summed E-state index contributed by atoms with van der Waals surface area (Å²) < 4.78 is 12.4. The Balaban J connectivity index is 1.58. The van der Waals surface area contributed by atoms with Crippen LogP contribution in [0.4, 0.5) is 0 Å². The van der Waals surface area contributed by atoms with Gasteiger partial charge < -0.3 is 29.3 Å². The Morgan fingerprint density at radius 1 is 1.12 bits per heavy atom. The van der Waals surface area contributed by atoms with Crippen LogP contribution in [0.1, 0.15) is 37.8 Å². The topological polar surface area (TPSA) is 103 Å². The number of carbonyl (C=O) groups is 3. The van der Waals surface area contributed by atoms with E-state index < -0.39 is 35.1 Å². The number of ether oxygens (including phenoxy) is 2. The second-order valence-electron chi connectivity index (χ2n) is 12.2. The summed E-state index contributed by atoms with van der Waals surface area (Å²) >= 11 is 0. The van der Waals surface area contributed by atoms with Crippen molar-refractivity contribution in [3.8, 4) is 0 Å². The molecule has 1 aromatic carbocycles. The van der Waals surface area contributed by atoms with Gasteiger partial charge in [0.15, 0.2) is 0 Å². The number of likely N-dealkylation sites (tertiary alicyclic amines) is 1. The minimum atomic E-state index is -1.18. The molecule has 10 heteroatoms. The number of likely N-dealkylation sites (N-methyl/N-ethyl adjacent to an activating group) is 1. The van der Waals surface area contributed by atoms with Gasteiger partial charge in [0.2, 0.25) is 17.7 Å². The van der Waals surface area contributed by atoms with Crippen LogP contribution in [-0.2, 0) is 23.9 Å². The van der Waals surface area contributed by atoms with Crippen LogP contribution in [-0.4, -0.2) is 126 Å². The Kier molecular flexibility index (Phi) is 9.41. The highest BCUT2D eigenvalue weighted by Crippen LogP contribution is 2.65. The maximum atomic E-state index is 14.8. The van der Waals surface area contributed by atoms with E-state index in [0.717, 1.165) is 18.7 Å². The van der Waals surface area contributed by atoms with Gasteiger partial charge in [-0.25, -0.2) is 0 Å². The van der Waals surface area contributed by atoms with Gasteiger partial charge in [-0.15, -0.1) is 13.2 Å². The van der Waals surface area contributed by atoms with E-state index >= 15 is 0 Å². The molecule has 4 aliphatic rings. The van der Waals surface area contributed by atoms with Crippen molar-refractivity contribution in [3.63, 3.8) is 0 Å². The maximum Gasteiger partial charge on any atom is 0.248 e. The van der Waals surface area contributed by atoms with Gasteiger partial charge in [-0.1, -0.05) is 49.4 Å². The van der Waals surface area contributed by atoms with Crippen LogP contribution in [0.25, 0.3) is 0 Å². The van der Waals surface area contributed by atoms with Crippen LogP contribution in [0.3, 0.4) is 0 Å². The number of carbonyl (C=O) groups excluding carboxylic acids is 3. The molecule has 2 bridgehead atoms. The summed E-state index contributed by atoms with van der Waals surface area (Å²) in [7, 11) is 1.71. The van der Waals surface area contributed by atoms with Gasteiger partial charge in [-0.3, -0.25) is 19.3 Å². The van der Waals surface area contributed by atoms with E-state index in [2.05, 4.69) is 18.1 Å². The smallest absolute Gasteiger partial charge is 0.248 e. The molecule has 10 nitrogen and oxygen atoms in total. The molecule has 2 unspecified atom stereocenters. The number of amides is 3. The fourth-order valence-corrected chi connectivity index (χ4v) is 7.90. The van der Waals surface area contributed by atoms with E-state index in [1.807, 2.05) is 37.3 Å². The molecule has 4 aliphatic heterocycles. The highest BCUT2D eigenvalue weighted by molar-refractivity contribution is 5.99. The Hall–Kier alpha value is -3.05. The zero-order valence-corrected chi connectivity index (χ0v) is 25.5. The first-order chi connectivity index (χ1) is 20.8. The summed E-state index contributed by atoms with van der Waals surface area (Å²) in [5.74, 6) is -2.30. The molecular formula is C33H46N4O6. The van der Waals surface area contributed by atoms with Gasteiger partial charge in [-0.05, 0) is 24.8 Å². The third-order valence-electron chi connectivity index (χ3n) is 10.0. The van der Waals surface area contributed by atoms with Crippen LogP contribution >= 0.6 is 0 Å². The average molecular weight is 595 g/mol. The van der Waals surface area contributed by atoms with Crippen molar-refractivity contribution >= 4 is 17.7 Å². The van der Waals surface area contributed by atoms with Crippen molar-refractivity contribution in [2.45, 2.75) is 49.5 Å². The van der Waals surface area contributed by atoms with Crippen molar-refractivity contribution in [2.24, 2.45) is 11.8 Å². The number of aliphatic hydroxyl groups is 1. The first-order valence-electron chi connectivity index (χ1n) is 15.5. The molecule has 0 aromatic heterocycles. The lowest BCUT2D eigenvalue weighted by atomic mass is 9.64. The fraction of sp³-hybridized carbons (Fsp3) is 0.606. The van der Waals surface area contributed by atoms with Crippen LogP contribution in [0.5, 0.6) is 0 Å². The van der Waals surface area contributed by atoms with E-state index in [0.29, 0.717) is 58.7 Å². The SMILES string of the molecule is C=CCN(C)C(=O)[C@H]1[C@H]2C(=O)N([C@H](CO)c3ccccc3)C(C(=O)N(CC=C)CCN3CCOCC3)C23CC[C@]1(CC)O3. The molecule has 0 aliphatic carbocycles. The van der Waals surface area contributed by atoms with Gasteiger partial charge in [0.05, 0.1) is 43.3 Å². The molecule has 1 aromatic rings. The van der Waals surface area contributed by atoms with Crippen LogP contribution in [0.15, 0.2) is 55.6 Å². The first-order valence-corrected chi connectivity index (χ1v) is 15.5. The predicted molar refractivity (Wildman–Crippen MR) is 162 cm³/mol. The molecular weight excluding hydrogens is 548 g/mol. The van der Waals surface area contributed by atoms with E-state index in [-0.39, 0.29) is 24.3 Å². The van der Waals surface area contributed by atoms with E-state index in [1.54, 1.807) is 33.9 Å². The number of fused-ring (bicyclic) bond motifs is 1. The number of aliphatic hydroxyl groups excluding tert-OH is 1. The zero-order valence-electron chi connectivity index (χ0n) is 25.5. The lowest BCUT2D eigenvalue weighted by Crippen LogP contribution is -2.58. The predicted octanol–water partition coefficient (Wildman–Crippen LogP) is 1.87. The molecule has 6 atom stereocenters. The number of benzene rings is 1. The maximum absolute atomic E-state index is 14.8. The minimum absolute atomic E-state index is 0.176. The highest BCUT2D eigenvalue weighted by atomic mass is 16.5. The Labute approximate surface area is 254 Å². The molecule has 1 N–H and O–H groups in total. The largest absolute Gasteiger partial charge is 0.394 e. The van der Waals surface area contributed by atoms with Crippen molar-refractivity contribution in [3.05, 3.63) is 61.2 Å². The molecule has 234 valence electrons. The molecule has 3 amide bonds. The van der Waals surface area contributed by atoms with Crippen molar-refractivity contribution in [2.75, 3.05) is 66.1 Å². The van der Waals surface area contributed by atoms with Crippen LogP contribution in [0, 0.1) is 11.8 Å². The molecule has 5 rings (SSSR count). The number of morpholine rings is 1. The van der Waals surface area contributed by atoms with E-state index in [1.165, 1.54) is 0 Å². The van der Waals surface area contributed by atoms with Gasteiger partial charge in [0.25, 0.3) is 0 Å². The second kappa shape index (κ2) is 12.9. The van der Waals surface area contributed by atoms with E-state index in [4.69, 9.17) is 9.47 Å². The van der Waals surface area contributed by atoms with E-state index in [9.17, 15) is 19.5 Å². The minimum Gasteiger partial charge on any atom is -0.394 e.